The van der Waals surface area contributed by atoms with Crippen molar-refractivity contribution in [2.45, 2.75) is 59.1 Å². The van der Waals surface area contributed by atoms with Crippen LogP contribution < -0.4 is 14.9 Å². The third-order valence-electron chi connectivity index (χ3n) is 5.29. The number of benzene rings is 1. The quantitative estimate of drug-likeness (QED) is 0.196. The normalized spacial score (nSPS) is 16.0. The lowest BCUT2D eigenvalue weighted by atomic mass is 10.1. The number of aryl methyl sites for hydroxylation is 1. The number of hydrogen-bond donors (Lipinski definition) is 1. The van der Waals surface area contributed by atoms with Gasteiger partial charge in [0.25, 0.3) is 0 Å². The van der Waals surface area contributed by atoms with Crippen molar-refractivity contribution in [1.29, 1.82) is 0 Å². The van der Waals surface area contributed by atoms with E-state index in [1.807, 2.05) is 27.7 Å². The molecular weight excluding hydrogens is 454 g/mol. The number of anilines is 1. The first-order chi connectivity index (χ1) is 16.6. The summed E-state index contributed by atoms with van der Waals surface area (Å²) in [6.45, 7) is 10.5. The summed E-state index contributed by atoms with van der Waals surface area (Å²) < 4.78 is 16.4. The smallest absolute Gasteiger partial charge is 0.412 e. The summed E-state index contributed by atoms with van der Waals surface area (Å²) in [5, 5.41) is 20.1. The van der Waals surface area contributed by atoms with E-state index in [2.05, 4.69) is 15.4 Å². The van der Waals surface area contributed by atoms with Crippen molar-refractivity contribution in [3.8, 4) is 17.0 Å². The number of amides is 1. The highest BCUT2D eigenvalue weighted by molar-refractivity contribution is 5.79. The fourth-order valence-corrected chi connectivity index (χ4v) is 3.69. The average Bonchev–Trinajstić information content (AvgIpc) is 2.80. The number of carbonyl (C=O) groups excluding carboxylic acids is 2. The maximum atomic E-state index is 12.8. The molecule has 11 nitrogen and oxygen atoms in total. The van der Waals surface area contributed by atoms with Crippen molar-refractivity contribution in [2.24, 2.45) is 0 Å². The Morgan fingerprint density at radius 3 is 2.83 bits per heavy atom. The fourth-order valence-electron chi connectivity index (χ4n) is 3.69. The Balaban J connectivity index is 1.79. The molecule has 1 amide bonds. The lowest BCUT2D eigenvalue weighted by Gasteiger charge is -2.33. The van der Waals surface area contributed by atoms with E-state index in [4.69, 9.17) is 14.2 Å². The second-order valence-electron chi connectivity index (χ2n) is 9.28. The minimum atomic E-state index is -0.580. The molecule has 1 aliphatic rings. The van der Waals surface area contributed by atoms with Gasteiger partial charge in [-0.05, 0) is 59.6 Å². The predicted octanol–water partition coefficient (Wildman–Crippen LogP) is 3.08. The van der Waals surface area contributed by atoms with Gasteiger partial charge in [0.2, 0.25) is 0 Å². The van der Waals surface area contributed by atoms with Gasteiger partial charge in [-0.1, -0.05) is 11.1 Å². The second kappa shape index (κ2) is 11.3. The van der Waals surface area contributed by atoms with Crippen LogP contribution in [0.1, 0.15) is 56.6 Å². The molecule has 0 unspecified atom stereocenters. The highest BCUT2D eigenvalue weighted by Crippen LogP contribution is 2.31. The molecule has 0 bridgehead atoms. The van der Waals surface area contributed by atoms with E-state index < -0.39 is 5.60 Å². The Morgan fingerprint density at radius 2 is 2.14 bits per heavy atom. The lowest BCUT2D eigenvalue weighted by Crippen LogP contribution is -2.49. The summed E-state index contributed by atoms with van der Waals surface area (Å²) in [6.07, 6.45) is 1.87. The number of piperidine rings is 1. The van der Waals surface area contributed by atoms with Gasteiger partial charge in [0, 0.05) is 24.3 Å². The van der Waals surface area contributed by atoms with Crippen LogP contribution in [0.4, 0.5) is 10.7 Å². The first kappa shape index (κ1) is 26.1. The number of aldehydes is 1. The summed E-state index contributed by atoms with van der Waals surface area (Å²) in [4.78, 5) is 30.2. The summed E-state index contributed by atoms with van der Waals surface area (Å²) in [5.41, 5.74) is 1.19. The van der Waals surface area contributed by atoms with Crippen LogP contribution in [-0.4, -0.2) is 65.5 Å². The Labute approximate surface area is 205 Å². The van der Waals surface area contributed by atoms with Crippen molar-refractivity contribution in [2.75, 3.05) is 31.8 Å². The molecule has 0 radical (unpaired) electrons. The maximum Gasteiger partial charge on any atom is 0.412 e. The second-order valence-corrected chi connectivity index (χ2v) is 9.28. The maximum absolute atomic E-state index is 12.8. The van der Waals surface area contributed by atoms with E-state index in [1.165, 1.54) is 0 Å². The summed E-state index contributed by atoms with van der Waals surface area (Å²) in [7, 11) is 0. The third-order valence-corrected chi connectivity index (χ3v) is 5.29. The molecule has 1 aromatic heterocycles. The molecule has 1 fully saturated rings. The molecule has 1 aromatic carbocycles. The average molecular weight is 488 g/mol. The molecule has 190 valence electrons. The van der Waals surface area contributed by atoms with Crippen molar-refractivity contribution in [3.05, 3.63) is 34.7 Å². The van der Waals surface area contributed by atoms with Gasteiger partial charge in [0.15, 0.2) is 6.79 Å². The van der Waals surface area contributed by atoms with E-state index in [-0.39, 0.29) is 24.9 Å². The molecule has 2 aromatic rings. The fraction of sp³-hybridized carbons (Fsp3) is 0.542. The zero-order valence-electron chi connectivity index (χ0n) is 20.9. The summed E-state index contributed by atoms with van der Waals surface area (Å²) in [5.74, 6) is 0.407. The number of likely N-dealkylation sites (tertiary alicyclic amines) is 1. The van der Waals surface area contributed by atoms with Crippen LogP contribution in [0.15, 0.2) is 18.2 Å². The van der Waals surface area contributed by atoms with E-state index >= 15 is 0 Å². The van der Waals surface area contributed by atoms with E-state index in [9.17, 15) is 14.8 Å². The molecule has 1 saturated heterocycles. The summed E-state index contributed by atoms with van der Waals surface area (Å²) in [6, 6.07) is 4.67. The number of carbonyl (C=O) groups is 2. The highest BCUT2D eigenvalue weighted by atomic mass is 16.7. The van der Waals surface area contributed by atoms with Crippen LogP contribution in [0.2, 0.25) is 0 Å². The molecular formula is C24H33N5O6. The number of nitrogens with one attached hydrogen (secondary N) is 1. The zero-order valence-corrected chi connectivity index (χ0v) is 20.9. The Kier molecular flexibility index (Phi) is 8.44. The summed E-state index contributed by atoms with van der Waals surface area (Å²) >= 11 is 0. The minimum absolute atomic E-state index is 0.00880. The van der Waals surface area contributed by atoms with Crippen LogP contribution in [0.5, 0.6) is 5.75 Å². The predicted molar refractivity (Wildman–Crippen MR) is 128 cm³/mol. The van der Waals surface area contributed by atoms with Crippen LogP contribution in [0.3, 0.4) is 0 Å². The lowest BCUT2D eigenvalue weighted by molar-refractivity contribution is -0.656. The van der Waals surface area contributed by atoms with Crippen LogP contribution in [0, 0.1) is 12.1 Å². The van der Waals surface area contributed by atoms with E-state index in [0.717, 1.165) is 12.8 Å². The Morgan fingerprint density at radius 1 is 1.37 bits per heavy atom. The molecule has 3 rings (SSSR count). The monoisotopic (exact) mass is 487 g/mol. The van der Waals surface area contributed by atoms with Gasteiger partial charge in [-0.3, -0.25) is 10.1 Å². The van der Waals surface area contributed by atoms with Crippen LogP contribution in [-0.2, 0) is 9.47 Å². The van der Waals surface area contributed by atoms with Gasteiger partial charge in [0.05, 0.1) is 12.6 Å². The molecule has 0 saturated carbocycles. The van der Waals surface area contributed by atoms with Crippen molar-refractivity contribution >= 4 is 18.3 Å². The van der Waals surface area contributed by atoms with Crippen molar-refractivity contribution in [1.82, 2.24) is 15.0 Å². The van der Waals surface area contributed by atoms with Gasteiger partial charge < -0.3 is 24.3 Å². The van der Waals surface area contributed by atoms with E-state index in [0.29, 0.717) is 59.1 Å². The Bertz CT molecular complexity index is 1060. The van der Waals surface area contributed by atoms with Gasteiger partial charge in [-0.15, -0.1) is 9.94 Å². The van der Waals surface area contributed by atoms with Gasteiger partial charge in [-0.2, -0.15) is 0 Å². The number of ether oxygens (including phenoxy) is 3. The molecule has 1 atom stereocenters. The molecule has 35 heavy (non-hydrogen) atoms. The van der Waals surface area contributed by atoms with Gasteiger partial charge in [-0.25, -0.2) is 4.79 Å². The van der Waals surface area contributed by atoms with Gasteiger partial charge in [0.1, 0.15) is 29.0 Å². The van der Waals surface area contributed by atoms with Crippen molar-refractivity contribution in [3.63, 3.8) is 0 Å². The Hall–Kier alpha value is -3.47. The molecule has 1 N–H and O–H groups in total. The van der Waals surface area contributed by atoms with Crippen molar-refractivity contribution < 1.29 is 28.6 Å². The molecule has 2 heterocycles. The van der Waals surface area contributed by atoms with E-state index in [1.54, 1.807) is 30.0 Å². The molecule has 0 spiro atoms. The topological polar surface area (TPSA) is 130 Å². The number of aromatic nitrogens is 3. The third kappa shape index (κ3) is 7.01. The number of hydrogen-bond acceptors (Lipinski definition) is 9. The van der Waals surface area contributed by atoms with Crippen LogP contribution >= 0.6 is 0 Å². The first-order valence-electron chi connectivity index (χ1n) is 11.6. The minimum Gasteiger partial charge on any atom is -0.722 e. The van der Waals surface area contributed by atoms with Crippen LogP contribution in [0.25, 0.3) is 11.3 Å². The first-order valence-corrected chi connectivity index (χ1v) is 11.6. The standard InChI is InChI=1S/C24H33N5O6/c1-6-33-15-34-20-12-17(14-30)9-10-19(20)21-16(2)25-22(29(32)27-21)26-18-8-7-11-28(13-18)23(31)35-24(3,4)5/h9-10,12,14,18H,6-8,11,13,15H2,1-5H3,(H,25,26)/t18-/m1/s1. The largest absolute Gasteiger partial charge is 0.722 e. The van der Waals surface area contributed by atoms with Gasteiger partial charge >= 0.3 is 12.0 Å². The number of nitrogens with zero attached hydrogens (tertiary/aromatic N) is 4. The SMILES string of the molecule is CCOCOc1cc(C=O)ccc1-c1n[n+]([O-])c(N[C@@H]2CCCN(C(=O)OC(C)(C)C)C2)nc1C. The highest BCUT2D eigenvalue weighted by Gasteiger charge is 2.30. The number of rotatable bonds is 8. The zero-order chi connectivity index (χ0) is 25.6. The molecule has 1 aliphatic heterocycles. The molecule has 11 heteroatoms. The molecule has 0 aliphatic carbocycles.